The topological polar surface area (TPSA) is 63.4 Å². The first-order valence-electron chi connectivity index (χ1n) is 11.8. The highest BCUT2D eigenvalue weighted by molar-refractivity contribution is 6.02. The molecule has 2 aromatic carbocycles. The van der Waals surface area contributed by atoms with Crippen LogP contribution in [0.25, 0.3) is 27.8 Å². The van der Waals surface area contributed by atoms with Crippen LogP contribution in [0.4, 0.5) is 5.82 Å². The van der Waals surface area contributed by atoms with E-state index in [4.69, 9.17) is 14.7 Å². The van der Waals surface area contributed by atoms with Gasteiger partial charge >= 0.3 is 0 Å². The molecular formula is C27H30N4O2. The molecule has 0 bridgehead atoms. The number of aliphatic hydroxyl groups excluding tert-OH is 1. The summed E-state index contributed by atoms with van der Waals surface area (Å²) in [5, 5.41) is 10.7. The molecule has 0 spiro atoms. The first kappa shape index (κ1) is 21.5. The van der Waals surface area contributed by atoms with E-state index in [-0.39, 0.29) is 6.61 Å². The molecule has 0 radical (unpaired) electrons. The number of hydrogen-bond acceptors (Lipinski definition) is 5. The van der Waals surface area contributed by atoms with Gasteiger partial charge in [0.2, 0.25) is 0 Å². The zero-order valence-electron chi connectivity index (χ0n) is 19.0. The highest BCUT2D eigenvalue weighted by Gasteiger charge is 2.27. The molecule has 0 saturated carbocycles. The van der Waals surface area contributed by atoms with Crippen molar-refractivity contribution in [2.75, 3.05) is 24.7 Å². The maximum absolute atomic E-state index is 9.67. The lowest BCUT2D eigenvalue weighted by Crippen LogP contribution is -2.40. The zero-order valence-corrected chi connectivity index (χ0v) is 19.0. The highest BCUT2D eigenvalue weighted by Crippen LogP contribution is 2.39. The molecule has 1 aliphatic heterocycles. The highest BCUT2D eigenvalue weighted by atomic mass is 16.5. The monoisotopic (exact) mass is 442 g/mol. The number of piperidine rings is 1. The Morgan fingerprint density at radius 2 is 1.85 bits per heavy atom. The van der Waals surface area contributed by atoms with E-state index >= 15 is 0 Å². The number of hydrogen-bond donors (Lipinski definition) is 1. The Hall–Kier alpha value is -3.38. The number of aliphatic hydroxyl groups is 1. The maximum atomic E-state index is 9.67. The molecule has 3 heterocycles. The van der Waals surface area contributed by atoms with Gasteiger partial charge < -0.3 is 19.3 Å². The van der Waals surface area contributed by atoms with Gasteiger partial charge in [-0.15, -0.1) is 0 Å². The lowest BCUT2D eigenvalue weighted by atomic mass is 9.98. The average Bonchev–Trinajstić information content (AvgIpc) is 3.26. The van der Waals surface area contributed by atoms with Gasteiger partial charge in [-0.1, -0.05) is 30.3 Å². The predicted octanol–water partition coefficient (Wildman–Crippen LogP) is 5.23. The molecule has 4 aromatic rings. The van der Waals surface area contributed by atoms with Crippen molar-refractivity contribution in [3.63, 3.8) is 0 Å². The minimum absolute atomic E-state index is 0.189. The van der Waals surface area contributed by atoms with Crippen LogP contribution in [0.2, 0.25) is 0 Å². The fourth-order valence-electron chi connectivity index (χ4n) is 4.90. The van der Waals surface area contributed by atoms with Crippen LogP contribution in [-0.2, 0) is 0 Å². The van der Waals surface area contributed by atoms with Gasteiger partial charge in [0.25, 0.3) is 0 Å². The van der Waals surface area contributed by atoms with Crippen LogP contribution in [0.3, 0.4) is 0 Å². The van der Waals surface area contributed by atoms with Crippen molar-refractivity contribution in [1.29, 1.82) is 0 Å². The molecule has 1 unspecified atom stereocenters. The summed E-state index contributed by atoms with van der Waals surface area (Å²) in [6.45, 7) is 3.77. The van der Waals surface area contributed by atoms with Crippen LogP contribution in [-0.4, -0.2) is 45.4 Å². The number of rotatable bonds is 7. The Morgan fingerprint density at radius 1 is 1.03 bits per heavy atom. The van der Waals surface area contributed by atoms with Crippen molar-refractivity contribution in [2.45, 2.75) is 38.6 Å². The quantitative estimate of drug-likeness (QED) is 0.425. The minimum atomic E-state index is 0.189. The molecule has 0 amide bonds. The van der Waals surface area contributed by atoms with Crippen molar-refractivity contribution in [3.05, 3.63) is 67.1 Å². The third-order valence-corrected chi connectivity index (χ3v) is 6.44. The molecule has 1 N–H and O–H groups in total. The van der Waals surface area contributed by atoms with Gasteiger partial charge in [-0.05, 0) is 62.4 Å². The first-order chi connectivity index (χ1) is 16.3. The fraction of sp³-hybridized carbons (Fsp3) is 0.333. The molecule has 5 rings (SSSR count). The van der Waals surface area contributed by atoms with E-state index in [9.17, 15) is 5.11 Å². The number of ether oxygens (including phenoxy) is 1. The Labute approximate surface area is 194 Å². The van der Waals surface area contributed by atoms with Crippen molar-refractivity contribution >= 4 is 16.9 Å². The number of aromatic nitrogens is 3. The van der Waals surface area contributed by atoms with Crippen LogP contribution < -0.4 is 9.64 Å². The standard InChI is InChI=1S/C27H30N4O2/c1-2-33-23-13-11-22(12-14-23)31-18-24(20-8-4-3-5-9-20)25-26(28-19-29-27(25)31)30-16-7-6-10-21(30)15-17-32/h3-5,8-9,11-14,18-19,21,32H,2,6-7,10,15-17H2,1H3. The third-order valence-electron chi connectivity index (χ3n) is 6.44. The molecule has 1 atom stereocenters. The molecule has 33 heavy (non-hydrogen) atoms. The second-order valence-corrected chi connectivity index (χ2v) is 8.46. The molecule has 0 aliphatic carbocycles. The Balaban J connectivity index is 1.70. The summed E-state index contributed by atoms with van der Waals surface area (Å²) < 4.78 is 7.77. The molecule has 1 fully saturated rings. The van der Waals surface area contributed by atoms with Gasteiger partial charge in [0.15, 0.2) is 5.65 Å². The fourth-order valence-corrected chi connectivity index (χ4v) is 4.90. The van der Waals surface area contributed by atoms with Crippen molar-refractivity contribution in [3.8, 4) is 22.6 Å². The molecule has 2 aromatic heterocycles. The van der Waals surface area contributed by atoms with Gasteiger partial charge in [-0.25, -0.2) is 9.97 Å². The number of anilines is 1. The summed E-state index contributed by atoms with van der Waals surface area (Å²) in [6.07, 6.45) is 7.99. The van der Waals surface area contributed by atoms with E-state index in [0.717, 1.165) is 65.2 Å². The van der Waals surface area contributed by atoms with Gasteiger partial charge in [0.1, 0.15) is 17.9 Å². The molecule has 170 valence electrons. The van der Waals surface area contributed by atoms with E-state index in [1.807, 2.05) is 25.1 Å². The second-order valence-electron chi connectivity index (χ2n) is 8.46. The Kier molecular flexibility index (Phi) is 6.26. The molecule has 1 aliphatic rings. The zero-order chi connectivity index (χ0) is 22.6. The maximum Gasteiger partial charge on any atom is 0.150 e. The van der Waals surface area contributed by atoms with Crippen LogP contribution in [0.15, 0.2) is 67.1 Å². The normalized spacial score (nSPS) is 16.3. The van der Waals surface area contributed by atoms with Crippen molar-refractivity contribution in [1.82, 2.24) is 14.5 Å². The van der Waals surface area contributed by atoms with E-state index < -0.39 is 0 Å². The molecule has 6 nitrogen and oxygen atoms in total. The van der Waals surface area contributed by atoms with Crippen LogP contribution in [0, 0.1) is 0 Å². The largest absolute Gasteiger partial charge is 0.494 e. The summed E-state index contributed by atoms with van der Waals surface area (Å²) >= 11 is 0. The summed E-state index contributed by atoms with van der Waals surface area (Å²) in [6, 6.07) is 18.8. The molecule has 1 saturated heterocycles. The van der Waals surface area contributed by atoms with Crippen LogP contribution in [0.1, 0.15) is 32.6 Å². The molecular weight excluding hydrogens is 412 g/mol. The number of fused-ring (bicyclic) bond motifs is 1. The lowest BCUT2D eigenvalue weighted by molar-refractivity contribution is 0.262. The summed E-state index contributed by atoms with van der Waals surface area (Å²) in [5.41, 5.74) is 4.17. The summed E-state index contributed by atoms with van der Waals surface area (Å²) in [7, 11) is 0. The minimum Gasteiger partial charge on any atom is -0.494 e. The number of benzene rings is 2. The van der Waals surface area contributed by atoms with E-state index in [0.29, 0.717) is 12.6 Å². The SMILES string of the molecule is CCOc1ccc(-n2cc(-c3ccccc3)c3c(N4CCCCC4CCO)ncnc32)cc1. The smallest absolute Gasteiger partial charge is 0.150 e. The average molecular weight is 443 g/mol. The van der Waals surface area contributed by atoms with Crippen molar-refractivity contribution < 1.29 is 9.84 Å². The van der Waals surface area contributed by atoms with E-state index in [2.05, 4.69) is 52.1 Å². The van der Waals surface area contributed by atoms with Crippen LogP contribution in [0.5, 0.6) is 5.75 Å². The van der Waals surface area contributed by atoms with E-state index in [1.54, 1.807) is 6.33 Å². The third kappa shape index (κ3) is 4.18. The van der Waals surface area contributed by atoms with Gasteiger partial charge in [-0.3, -0.25) is 0 Å². The van der Waals surface area contributed by atoms with Gasteiger partial charge in [-0.2, -0.15) is 0 Å². The Bertz CT molecular complexity index is 1200. The Morgan fingerprint density at radius 3 is 2.61 bits per heavy atom. The molecule has 6 heteroatoms. The summed E-state index contributed by atoms with van der Waals surface area (Å²) in [4.78, 5) is 11.9. The van der Waals surface area contributed by atoms with Crippen LogP contribution >= 0.6 is 0 Å². The van der Waals surface area contributed by atoms with Gasteiger partial charge in [0, 0.05) is 36.6 Å². The summed E-state index contributed by atoms with van der Waals surface area (Å²) in [5.74, 6) is 1.82. The second kappa shape index (κ2) is 9.63. The number of nitrogens with zero attached hydrogens (tertiary/aromatic N) is 4. The van der Waals surface area contributed by atoms with Gasteiger partial charge in [0.05, 0.1) is 12.0 Å². The lowest BCUT2D eigenvalue weighted by Gasteiger charge is -2.37. The first-order valence-corrected chi connectivity index (χ1v) is 11.8. The van der Waals surface area contributed by atoms with Crippen molar-refractivity contribution in [2.24, 2.45) is 0 Å². The van der Waals surface area contributed by atoms with E-state index in [1.165, 1.54) is 6.42 Å². The predicted molar refractivity (Wildman–Crippen MR) is 132 cm³/mol.